The molecule has 0 saturated heterocycles. The minimum absolute atomic E-state index is 0.0670. The Morgan fingerprint density at radius 1 is 1.32 bits per heavy atom. The maximum atomic E-state index is 11.3. The first kappa shape index (κ1) is 16.1. The minimum atomic E-state index is -0.364. The number of non-ortho nitro benzene ring substituents is 1. The van der Waals surface area contributed by atoms with Crippen LogP contribution in [-0.2, 0) is 0 Å². The van der Waals surface area contributed by atoms with Crippen LogP contribution in [0.25, 0.3) is 0 Å². The van der Waals surface area contributed by atoms with Gasteiger partial charge in [-0.1, -0.05) is 40.2 Å². The quantitative estimate of drug-likeness (QED) is 0.437. The monoisotopic (exact) mass is 400 g/mol. The van der Waals surface area contributed by atoms with Crippen LogP contribution in [0.4, 0.5) is 11.4 Å². The molecule has 1 heterocycles. The van der Waals surface area contributed by atoms with Gasteiger partial charge in [-0.15, -0.1) is 0 Å². The van der Waals surface area contributed by atoms with Gasteiger partial charge < -0.3 is 10.1 Å². The normalized spacial score (nSPS) is 23.5. The Balaban J connectivity index is 1.85. The average molecular weight is 401 g/mol. The number of nitro benzene ring substituents is 1. The number of hydrogen-bond donors (Lipinski definition) is 1. The van der Waals surface area contributed by atoms with Gasteiger partial charge in [-0.3, -0.25) is 10.1 Å². The Morgan fingerprint density at radius 3 is 2.88 bits per heavy atom. The van der Waals surface area contributed by atoms with E-state index < -0.39 is 0 Å². The largest absolute Gasteiger partial charge is 0.494 e. The second kappa shape index (κ2) is 6.19. The van der Waals surface area contributed by atoms with Crippen LogP contribution in [-0.4, -0.2) is 12.0 Å². The molecule has 0 aromatic heterocycles. The molecule has 0 radical (unpaired) electrons. The van der Waals surface area contributed by atoms with E-state index in [1.807, 2.05) is 12.1 Å². The third-order valence-corrected chi connectivity index (χ3v) is 5.55. The fraction of sp³-hybridized carbons (Fsp3) is 0.263. The Labute approximate surface area is 154 Å². The number of rotatable bonds is 3. The molecule has 3 atom stereocenters. The standard InChI is InChI=1S/C19H17BrN2O3/c1-25-17-10-13(22(23)24)9-16-14-6-3-7-15(14)18(21-19(16)17)11-4-2-5-12(20)8-11/h2-6,8-10,14-15,18,21H,7H2,1H3/t14-,15+,18?/m1/s1. The number of ether oxygens (including phenoxy) is 1. The van der Waals surface area contributed by atoms with E-state index in [9.17, 15) is 10.1 Å². The van der Waals surface area contributed by atoms with Crippen molar-refractivity contribution in [2.24, 2.45) is 5.92 Å². The second-order valence-electron chi connectivity index (χ2n) is 6.40. The highest BCUT2D eigenvalue weighted by molar-refractivity contribution is 9.10. The van der Waals surface area contributed by atoms with Crippen molar-refractivity contribution in [3.63, 3.8) is 0 Å². The van der Waals surface area contributed by atoms with E-state index in [2.05, 4.69) is 45.5 Å². The highest BCUT2D eigenvalue weighted by atomic mass is 79.9. The first-order valence-electron chi connectivity index (χ1n) is 8.13. The molecule has 0 saturated carbocycles. The third kappa shape index (κ3) is 2.70. The van der Waals surface area contributed by atoms with Crippen molar-refractivity contribution < 1.29 is 9.66 Å². The van der Waals surface area contributed by atoms with Gasteiger partial charge in [-0.05, 0) is 35.6 Å². The zero-order valence-corrected chi connectivity index (χ0v) is 15.2. The summed E-state index contributed by atoms with van der Waals surface area (Å²) < 4.78 is 6.50. The predicted molar refractivity (Wildman–Crippen MR) is 100 cm³/mol. The van der Waals surface area contributed by atoms with Gasteiger partial charge in [-0.2, -0.15) is 0 Å². The number of anilines is 1. The Morgan fingerprint density at radius 2 is 2.16 bits per heavy atom. The second-order valence-corrected chi connectivity index (χ2v) is 7.32. The molecule has 1 aliphatic carbocycles. The van der Waals surface area contributed by atoms with Crippen molar-refractivity contribution in [2.75, 3.05) is 12.4 Å². The molecular weight excluding hydrogens is 384 g/mol. The van der Waals surface area contributed by atoms with Crippen molar-refractivity contribution in [1.82, 2.24) is 0 Å². The maximum absolute atomic E-state index is 11.3. The van der Waals surface area contributed by atoms with Gasteiger partial charge in [-0.25, -0.2) is 0 Å². The molecule has 0 spiro atoms. The van der Waals surface area contributed by atoms with Crippen LogP contribution in [0.2, 0.25) is 0 Å². The predicted octanol–water partition coefficient (Wildman–Crippen LogP) is 5.19. The summed E-state index contributed by atoms with van der Waals surface area (Å²) in [5.74, 6) is 0.991. The number of halogens is 1. The Bertz CT molecular complexity index is 881. The fourth-order valence-corrected chi connectivity index (χ4v) is 4.37. The lowest BCUT2D eigenvalue weighted by atomic mass is 9.76. The van der Waals surface area contributed by atoms with Crippen LogP contribution in [0, 0.1) is 16.0 Å². The first-order chi connectivity index (χ1) is 12.1. The highest BCUT2D eigenvalue weighted by Crippen LogP contribution is 2.53. The molecule has 4 rings (SSSR count). The summed E-state index contributed by atoms with van der Waals surface area (Å²) in [6.45, 7) is 0. The molecule has 2 aromatic carbocycles. The molecule has 1 aliphatic heterocycles. The Kier molecular flexibility index (Phi) is 4.00. The molecule has 1 N–H and O–H groups in total. The summed E-state index contributed by atoms with van der Waals surface area (Å²) in [5.41, 5.74) is 3.05. The van der Waals surface area contributed by atoms with E-state index in [1.165, 1.54) is 11.6 Å². The van der Waals surface area contributed by atoms with Crippen LogP contribution in [0.5, 0.6) is 5.75 Å². The van der Waals surface area contributed by atoms with Gasteiger partial charge in [0.2, 0.25) is 0 Å². The van der Waals surface area contributed by atoms with Gasteiger partial charge in [0.25, 0.3) is 5.69 Å². The number of nitrogens with zero attached hydrogens (tertiary/aromatic N) is 1. The summed E-state index contributed by atoms with van der Waals surface area (Å²) in [6, 6.07) is 11.6. The van der Waals surface area contributed by atoms with Crippen molar-refractivity contribution in [2.45, 2.75) is 18.4 Å². The van der Waals surface area contributed by atoms with Gasteiger partial charge in [0.1, 0.15) is 5.75 Å². The van der Waals surface area contributed by atoms with Crippen LogP contribution in [0.15, 0.2) is 53.0 Å². The van der Waals surface area contributed by atoms with Crippen LogP contribution >= 0.6 is 15.9 Å². The SMILES string of the molecule is COc1cc([N+](=O)[O-])cc2c1NC(c1cccc(Br)c1)[C@H]1CC=C[C@@H]21. The number of benzene rings is 2. The molecule has 1 unspecified atom stereocenters. The molecule has 128 valence electrons. The zero-order valence-electron chi connectivity index (χ0n) is 13.6. The van der Waals surface area contributed by atoms with E-state index in [0.717, 1.165) is 22.1 Å². The molecule has 0 amide bonds. The van der Waals surface area contributed by atoms with Gasteiger partial charge in [0.15, 0.2) is 0 Å². The van der Waals surface area contributed by atoms with Crippen LogP contribution in [0.1, 0.15) is 29.5 Å². The number of fused-ring (bicyclic) bond motifs is 3. The number of allylic oxidation sites excluding steroid dienone is 2. The summed E-state index contributed by atoms with van der Waals surface area (Å²) in [5, 5.41) is 14.9. The number of hydrogen-bond acceptors (Lipinski definition) is 4. The van der Waals surface area contributed by atoms with Crippen LogP contribution in [0.3, 0.4) is 0 Å². The fourth-order valence-electron chi connectivity index (χ4n) is 3.95. The zero-order chi connectivity index (χ0) is 17.6. The summed E-state index contributed by atoms with van der Waals surface area (Å²) >= 11 is 3.54. The van der Waals surface area contributed by atoms with Gasteiger partial charge in [0, 0.05) is 16.5 Å². The maximum Gasteiger partial charge on any atom is 0.273 e. The average Bonchev–Trinajstić information content (AvgIpc) is 3.10. The summed E-state index contributed by atoms with van der Waals surface area (Å²) in [6.07, 6.45) is 5.28. The number of nitro groups is 1. The smallest absolute Gasteiger partial charge is 0.273 e. The molecule has 5 nitrogen and oxygen atoms in total. The molecule has 6 heteroatoms. The van der Waals surface area contributed by atoms with E-state index in [1.54, 1.807) is 13.2 Å². The van der Waals surface area contributed by atoms with E-state index >= 15 is 0 Å². The molecule has 2 aromatic rings. The lowest BCUT2D eigenvalue weighted by Crippen LogP contribution is -2.29. The van der Waals surface area contributed by atoms with Crippen molar-refractivity contribution in [1.29, 1.82) is 0 Å². The molecule has 2 aliphatic rings. The Hall–Kier alpha value is -2.34. The number of methoxy groups -OCH3 is 1. The molecular formula is C19H17BrN2O3. The van der Waals surface area contributed by atoms with Crippen LogP contribution < -0.4 is 10.1 Å². The topological polar surface area (TPSA) is 64.4 Å². The van der Waals surface area contributed by atoms with E-state index in [-0.39, 0.29) is 22.6 Å². The van der Waals surface area contributed by atoms with Gasteiger partial charge in [0.05, 0.1) is 29.8 Å². The molecule has 0 fully saturated rings. The summed E-state index contributed by atoms with van der Waals surface area (Å²) in [4.78, 5) is 10.9. The van der Waals surface area contributed by atoms with Crippen molar-refractivity contribution >= 4 is 27.3 Å². The van der Waals surface area contributed by atoms with E-state index in [0.29, 0.717) is 11.7 Å². The van der Waals surface area contributed by atoms with Crippen molar-refractivity contribution in [3.05, 3.63) is 74.3 Å². The van der Waals surface area contributed by atoms with Crippen molar-refractivity contribution in [3.8, 4) is 5.75 Å². The third-order valence-electron chi connectivity index (χ3n) is 5.06. The molecule has 0 bridgehead atoms. The lowest BCUT2D eigenvalue weighted by molar-refractivity contribution is -0.385. The minimum Gasteiger partial charge on any atom is -0.494 e. The number of nitrogens with one attached hydrogen (secondary N) is 1. The van der Waals surface area contributed by atoms with E-state index in [4.69, 9.17) is 4.74 Å². The summed E-state index contributed by atoms with van der Waals surface area (Å²) in [7, 11) is 1.55. The van der Waals surface area contributed by atoms with Gasteiger partial charge >= 0.3 is 0 Å². The lowest BCUT2D eigenvalue weighted by Gasteiger charge is -2.38. The molecule has 25 heavy (non-hydrogen) atoms. The highest BCUT2D eigenvalue weighted by Gasteiger charge is 2.40. The first-order valence-corrected chi connectivity index (χ1v) is 8.93.